The van der Waals surface area contributed by atoms with Crippen molar-refractivity contribution < 1.29 is 25.6 Å². The van der Waals surface area contributed by atoms with Gasteiger partial charge in [-0.2, -0.15) is 0 Å². The van der Waals surface area contributed by atoms with Gasteiger partial charge in [-0.1, -0.05) is 0 Å². The molecule has 1 atom stereocenters. The van der Waals surface area contributed by atoms with E-state index in [2.05, 4.69) is 0 Å². The molecule has 0 saturated carbocycles. The molecule has 0 amide bonds. The molecule has 20 heavy (non-hydrogen) atoms. The standard InChI is InChI=1S/C10H30O6Si4/c1-11-17(4,5)14-19(8,9)16-20(10,13-3)15-18(6,7)12-2/h1-10H3. The van der Waals surface area contributed by atoms with E-state index in [1.807, 2.05) is 45.8 Å². The van der Waals surface area contributed by atoms with Crippen LogP contribution in [0.3, 0.4) is 0 Å². The smallest absolute Gasteiger partial charge is 0.415 e. The van der Waals surface area contributed by atoms with E-state index in [1.54, 1.807) is 21.3 Å². The van der Waals surface area contributed by atoms with Crippen molar-refractivity contribution in [3.05, 3.63) is 0 Å². The largest absolute Gasteiger partial charge is 0.479 e. The average Bonchev–Trinajstić information content (AvgIpc) is 2.26. The minimum absolute atomic E-state index is 1.61. The van der Waals surface area contributed by atoms with E-state index in [-0.39, 0.29) is 0 Å². The molecule has 0 aliphatic carbocycles. The molecule has 0 aliphatic rings. The Morgan fingerprint density at radius 3 is 1.15 bits per heavy atom. The Morgan fingerprint density at radius 2 is 0.800 bits per heavy atom. The molecule has 6 nitrogen and oxygen atoms in total. The zero-order valence-electron chi connectivity index (χ0n) is 14.4. The summed E-state index contributed by atoms with van der Waals surface area (Å²) in [4.78, 5) is 0. The summed E-state index contributed by atoms with van der Waals surface area (Å²) in [5.41, 5.74) is 0. The van der Waals surface area contributed by atoms with Crippen LogP contribution >= 0.6 is 0 Å². The zero-order chi connectivity index (χ0) is 16.2. The molecule has 0 rings (SSSR count). The third kappa shape index (κ3) is 7.58. The van der Waals surface area contributed by atoms with Crippen molar-refractivity contribution in [2.24, 2.45) is 0 Å². The minimum atomic E-state index is -2.79. The maximum Gasteiger partial charge on any atom is 0.479 e. The van der Waals surface area contributed by atoms with Crippen molar-refractivity contribution >= 4 is 34.5 Å². The molecule has 0 heterocycles. The van der Waals surface area contributed by atoms with Crippen molar-refractivity contribution in [3.8, 4) is 0 Å². The summed E-state index contributed by atoms with van der Waals surface area (Å²) < 4.78 is 34.7. The van der Waals surface area contributed by atoms with Gasteiger partial charge < -0.3 is 25.6 Å². The van der Waals surface area contributed by atoms with Gasteiger partial charge in [0.15, 0.2) is 0 Å². The Labute approximate surface area is 127 Å². The molecule has 0 aliphatic heterocycles. The van der Waals surface area contributed by atoms with Gasteiger partial charge in [-0.25, -0.2) is 0 Å². The van der Waals surface area contributed by atoms with Crippen LogP contribution in [0.15, 0.2) is 0 Å². The molecule has 0 bridgehead atoms. The Bertz CT molecular complexity index is 312. The fourth-order valence-corrected chi connectivity index (χ4v) is 16.0. The number of hydrogen-bond donors (Lipinski definition) is 0. The summed E-state index contributed by atoms with van der Waals surface area (Å²) in [7, 11) is -4.68. The van der Waals surface area contributed by atoms with Crippen LogP contribution in [0.4, 0.5) is 0 Å². The summed E-state index contributed by atoms with van der Waals surface area (Å²) in [6.45, 7) is 13.7. The zero-order valence-corrected chi connectivity index (χ0v) is 18.4. The van der Waals surface area contributed by atoms with E-state index < -0.39 is 34.5 Å². The summed E-state index contributed by atoms with van der Waals surface area (Å²) in [5.74, 6) is 0. The third-order valence-electron chi connectivity index (χ3n) is 2.71. The third-order valence-corrected chi connectivity index (χ3v) is 16.2. The first-order valence-electron chi connectivity index (χ1n) is 6.56. The predicted molar refractivity (Wildman–Crippen MR) is 88.3 cm³/mol. The molecular weight excluding hydrogens is 328 g/mol. The van der Waals surface area contributed by atoms with Crippen LogP contribution in [0.2, 0.25) is 45.8 Å². The quantitative estimate of drug-likeness (QED) is 0.591. The van der Waals surface area contributed by atoms with Gasteiger partial charge in [-0.3, -0.25) is 0 Å². The first kappa shape index (κ1) is 20.6. The van der Waals surface area contributed by atoms with Crippen molar-refractivity contribution in [2.75, 3.05) is 21.3 Å². The van der Waals surface area contributed by atoms with Crippen LogP contribution in [0, 0.1) is 0 Å². The number of hydrogen-bond acceptors (Lipinski definition) is 6. The Hall–Kier alpha value is 0.628. The van der Waals surface area contributed by atoms with Crippen molar-refractivity contribution in [1.29, 1.82) is 0 Å². The molecule has 0 N–H and O–H groups in total. The van der Waals surface area contributed by atoms with Crippen LogP contribution in [-0.2, 0) is 25.6 Å². The van der Waals surface area contributed by atoms with Crippen LogP contribution in [0.1, 0.15) is 0 Å². The second kappa shape index (κ2) is 7.26. The van der Waals surface area contributed by atoms with Gasteiger partial charge in [0.05, 0.1) is 0 Å². The minimum Gasteiger partial charge on any atom is -0.415 e. The van der Waals surface area contributed by atoms with Gasteiger partial charge in [0.25, 0.3) is 0 Å². The lowest BCUT2D eigenvalue weighted by atomic mass is 11.8. The lowest BCUT2D eigenvalue weighted by Crippen LogP contribution is -2.59. The van der Waals surface area contributed by atoms with Gasteiger partial charge in [0, 0.05) is 27.9 Å². The molecule has 0 aromatic rings. The lowest BCUT2D eigenvalue weighted by molar-refractivity contribution is 0.161. The van der Waals surface area contributed by atoms with E-state index in [0.717, 1.165) is 0 Å². The highest BCUT2D eigenvalue weighted by Gasteiger charge is 2.48. The van der Waals surface area contributed by atoms with Gasteiger partial charge in [0.2, 0.25) is 0 Å². The molecule has 0 aromatic heterocycles. The van der Waals surface area contributed by atoms with E-state index in [9.17, 15) is 0 Å². The van der Waals surface area contributed by atoms with Gasteiger partial charge in [-0.15, -0.1) is 0 Å². The van der Waals surface area contributed by atoms with Crippen molar-refractivity contribution in [1.82, 2.24) is 0 Å². The second-order valence-corrected chi connectivity index (χ2v) is 19.8. The van der Waals surface area contributed by atoms with Crippen LogP contribution in [0.25, 0.3) is 0 Å². The van der Waals surface area contributed by atoms with E-state index in [4.69, 9.17) is 25.6 Å². The fourth-order valence-electron chi connectivity index (χ4n) is 1.69. The van der Waals surface area contributed by atoms with Gasteiger partial charge in [0.1, 0.15) is 0 Å². The molecular formula is C10H30O6Si4. The first-order valence-corrected chi connectivity index (χ1v) is 17.2. The molecule has 0 radical (unpaired) electrons. The number of rotatable bonds is 9. The summed E-state index contributed by atoms with van der Waals surface area (Å²) in [6, 6.07) is 0. The van der Waals surface area contributed by atoms with E-state index in [0.29, 0.717) is 0 Å². The fraction of sp³-hybridized carbons (Fsp3) is 1.00. The maximum atomic E-state index is 6.17. The highest BCUT2D eigenvalue weighted by Crippen LogP contribution is 2.24. The SMILES string of the molecule is CO[Si](C)(C)O[Si](C)(C)O[Si](C)(OC)O[Si](C)(C)OC. The molecule has 122 valence electrons. The Morgan fingerprint density at radius 1 is 0.450 bits per heavy atom. The van der Waals surface area contributed by atoms with E-state index in [1.165, 1.54) is 0 Å². The molecule has 0 spiro atoms. The highest BCUT2D eigenvalue weighted by atomic mass is 28.5. The molecule has 0 saturated heterocycles. The first-order chi connectivity index (χ1) is 8.80. The Kier molecular flexibility index (Phi) is 7.49. The summed E-state index contributed by atoms with van der Waals surface area (Å²) in [5, 5.41) is 0. The van der Waals surface area contributed by atoms with Crippen LogP contribution in [-0.4, -0.2) is 55.8 Å². The van der Waals surface area contributed by atoms with E-state index >= 15 is 0 Å². The van der Waals surface area contributed by atoms with Gasteiger partial charge >= 0.3 is 34.5 Å². The molecule has 0 aromatic carbocycles. The normalized spacial score (nSPS) is 17.1. The predicted octanol–water partition coefficient (Wildman–Crippen LogP) is 2.65. The molecule has 10 heteroatoms. The molecule has 0 fully saturated rings. The summed E-state index contributed by atoms with van der Waals surface area (Å²) >= 11 is 0. The lowest BCUT2D eigenvalue weighted by Gasteiger charge is -2.39. The second-order valence-electron chi connectivity index (χ2n) is 5.98. The summed E-state index contributed by atoms with van der Waals surface area (Å²) in [6.07, 6.45) is 0. The monoisotopic (exact) mass is 358 g/mol. The van der Waals surface area contributed by atoms with Crippen molar-refractivity contribution in [3.63, 3.8) is 0 Å². The van der Waals surface area contributed by atoms with Crippen LogP contribution in [0.5, 0.6) is 0 Å². The topological polar surface area (TPSA) is 55.4 Å². The van der Waals surface area contributed by atoms with Gasteiger partial charge in [-0.05, 0) is 39.3 Å². The van der Waals surface area contributed by atoms with Crippen LogP contribution < -0.4 is 0 Å². The maximum absolute atomic E-state index is 6.17. The average molecular weight is 359 g/mol. The highest BCUT2D eigenvalue weighted by molar-refractivity contribution is 6.85. The van der Waals surface area contributed by atoms with Crippen molar-refractivity contribution in [2.45, 2.75) is 45.8 Å². The molecule has 1 unspecified atom stereocenters. The Balaban J connectivity index is 4.93.